The number of nitrogens with zero attached hydrogens (tertiary/aromatic N) is 3. The lowest BCUT2D eigenvalue weighted by Crippen LogP contribution is -2.34. The third kappa shape index (κ3) is 2.70. The number of Topliss-reactive ketones (excluding diaryl/α,β-unsaturated/α-hetero) is 1. The van der Waals surface area contributed by atoms with E-state index >= 15 is 0 Å². The molecule has 0 aliphatic heterocycles. The zero-order valence-corrected chi connectivity index (χ0v) is 11.8. The van der Waals surface area contributed by atoms with Gasteiger partial charge < -0.3 is 5.32 Å². The lowest BCUT2D eigenvalue weighted by Gasteiger charge is -2.29. The van der Waals surface area contributed by atoms with Crippen molar-refractivity contribution in [2.45, 2.75) is 32.2 Å². The van der Waals surface area contributed by atoms with Crippen LogP contribution in [0.2, 0.25) is 0 Å². The van der Waals surface area contributed by atoms with Gasteiger partial charge in [-0.15, -0.1) is 0 Å². The first kappa shape index (κ1) is 13.5. The number of nitrogens with one attached hydrogen (secondary N) is 1. The van der Waals surface area contributed by atoms with Gasteiger partial charge in [0.15, 0.2) is 0 Å². The Morgan fingerprint density at radius 1 is 1.38 bits per heavy atom. The van der Waals surface area contributed by atoms with Crippen molar-refractivity contribution in [3.8, 4) is 6.07 Å². The van der Waals surface area contributed by atoms with Gasteiger partial charge in [0.2, 0.25) is 0 Å². The quantitative estimate of drug-likeness (QED) is 0.915. The fourth-order valence-corrected chi connectivity index (χ4v) is 2.84. The minimum Gasteiger partial charge on any atom is -0.366 e. The molecule has 5 heteroatoms. The molecule has 0 radical (unpaired) electrons. The molecule has 3 rings (SSSR count). The Hall–Kier alpha value is -2.48. The Labute approximate surface area is 123 Å². The topological polar surface area (TPSA) is 78.7 Å². The number of aromatic nitrogens is 2. The molecule has 1 aliphatic rings. The van der Waals surface area contributed by atoms with Crippen molar-refractivity contribution >= 4 is 22.5 Å². The third-order valence-corrected chi connectivity index (χ3v) is 4.06. The van der Waals surface area contributed by atoms with Crippen LogP contribution >= 0.6 is 0 Å². The predicted octanol–water partition coefficient (Wildman–Crippen LogP) is 2.67. The summed E-state index contributed by atoms with van der Waals surface area (Å²) in [7, 11) is 0. The van der Waals surface area contributed by atoms with Gasteiger partial charge in [-0.05, 0) is 30.5 Å². The molecular weight excluding hydrogens is 264 g/mol. The molecule has 5 nitrogen and oxygen atoms in total. The Morgan fingerprint density at radius 2 is 2.24 bits per heavy atom. The Bertz CT molecular complexity index is 735. The summed E-state index contributed by atoms with van der Waals surface area (Å²) in [5.41, 5.74) is 1.40. The van der Waals surface area contributed by atoms with Crippen LogP contribution in [0.3, 0.4) is 0 Å². The largest absolute Gasteiger partial charge is 0.366 e. The van der Waals surface area contributed by atoms with E-state index in [2.05, 4.69) is 28.3 Å². The van der Waals surface area contributed by atoms with Crippen LogP contribution in [0.15, 0.2) is 24.5 Å². The minimum absolute atomic E-state index is 0.228. The van der Waals surface area contributed by atoms with E-state index in [4.69, 9.17) is 5.26 Å². The van der Waals surface area contributed by atoms with Crippen LogP contribution in [0, 0.1) is 17.2 Å². The van der Waals surface area contributed by atoms with Crippen molar-refractivity contribution in [1.82, 2.24) is 9.97 Å². The second-order valence-corrected chi connectivity index (χ2v) is 5.58. The summed E-state index contributed by atoms with van der Waals surface area (Å²) >= 11 is 0. The van der Waals surface area contributed by atoms with Gasteiger partial charge in [-0.1, -0.05) is 6.92 Å². The van der Waals surface area contributed by atoms with Gasteiger partial charge >= 0.3 is 0 Å². The van der Waals surface area contributed by atoms with Crippen LogP contribution < -0.4 is 5.32 Å². The summed E-state index contributed by atoms with van der Waals surface area (Å²) in [5, 5.41) is 13.3. The lowest BCUT2D eigenvalue weighted by molar-refractivity contribution is -0.121. The molecule has 1 N–H and O–H groups in total. The third-order valence-electron chi connectivity index (χ3n) is 4.06. The molecule has 0 spiro atoms. The predicted molar refractivity (Wildman–Crippen MR) is 79.7 cm³/mol. The Kier molecular flexibility index (Phi) is 3.53. The standard InChI is InChI=1S/C16H16N4O/c1-10-6-12(21)3-5-14(10)20-16-13-7-11(8-17)2-4-15(13)18-9-19-16/h2,4,7,9-10,14H,3,5-6H2,1H3,(H,18,19,20)/t10-,14-/m1/s1. The molecule has 21 heavy (non-hydrogen) atoms. The highest BCUT2D eigenvalue weighted by atomic mass is 16.1. The van der Waals surface area contributed by atoms with Crippen molar-refractivity contribution < 1.29 is 4.79 Å². The average molecular weight is 280 g/mol. The SMILES string of the molecule is C[C@@H]1CC(=O)CC[C@H]1Nc1ncnc2ccc(C#N)cc12. The van der Waals surface area contributed by atoms with Crippen LogP contribution in [0.5, 0.6) is 0 Å². The molecule has 1 aromatic heterocycles. The maximum Gasteiger partial charge on any atom is 0.137 e. The van der Waals surface area contributed by atoms with E-state index in [-0.39, 0.29) is 12.0 Å². The molecule has 2 aromatic rings. The molecule has 0 unspecified atom stereocenters. The van der Waals surface area contributed by atoms with Gasteiger partial charge in [0.25, 0.3) is 0 Å². The Balaban J connectivity index is 1.93. The fraction of sp³-hybridized carbons (Fsp3) is 0.375. The molecule has 1 aromatic carbocycles. The molecule has 1 fully saturated rings. The minimum atomic E-state index is 0.228. The first-order chi connectivity index (χ1) is 10.2. The fourth-order valence-electron chi connectivity index (χ4n) is 2.84. The van der Waals surface area contributed by atoms with E-state index in [0.29, 0.717) is 24.2 Å². The molecule has 2 atom stereocenters. The highest BCUT2D eigenvalue weighted by Gasteiger charge is 2.26. The summed E-state index contributed by atoms with van der Waals surface area (Å²) < 4.78 is 0. The zero-order chi connectivity index (χ0) is 14.8. The van der Waals surface area contributed by atoms with Crippen LogP contribution in [0.1, 0.15) is 31.7 Å². The Morgan fingerprint density at radius 3 is 3.00 bits per heavy atom. The number of carbonyl (C=O) groups is 1. The number of hydrogen-bond donors (Lipinski definition) is 1. The number of nitriles is 1. The normalized spacial score (nSPS) is 22.0. The van der Waals surface area contributed by atoms with Crippen molar-refractivity contribution in [1.29, 1.82) is 5.26 Å². The molecule has 0 saturated heterocycles. The number of rotatable bonds is 2. The van der Waals surface area contributed by atoms with E-state index in [0.717, 1.165) is 23.1 Å². The highest BCUT2D eigenvalue weighted by molar-refractivity contribution is 5.90. The van der Waals surface area contributed by atoms with Crippen LogP contribution in [0.25, 0.3) is 10.9 Å². The van der Waals surface area contributed by atoms with Crippen molar-refractivity contribution in [3.63, 3.8) is 0 Å². The van der Waals surface area contributed by atoms with Gasteiger partial charge in [-0.25, -0.2) is 9.97 Å². The second-order valence-electron chi connectivity index (χ2n) is 5.58. The van der Waals surface area contributed by atoms with Gasteiger partial charge in [-0.3, -0.25) is 4.79 Å². The number of benzene rings is 1. The van der Waals surface area contributed by atoms with Crippen LogP contribution in [-0.2, 0) is 4.79 Å². The van der Waals surface area contributed by atoms with E-state index in [1.807, 2.05) is 6.07 Å². The molecule has 1 saturated carbocycles. The highest BCUT2D eigenvalue weighted by Crippen LogP contribution is 2.27. The van der Waals surface area contributed by atoms with Gasteiger partial charge in [0.05, 0.1) is 17.1 Å². The van der Waals surface area contributed by atoms with Crippen molar-refractivity contribution in [2.75, 3.05) is 5.32 Å². The smallest absolute Gasteiger partial charge is 0.137 e. The summed E-state index contributed by atoms with van der Waals surface area (Å²) in [6.07, 6.45) is 3.58. The molecule has 1 heterocycles. The summed E-state index contributed by atoms with van der Waals surface area (Å²) in [4.78, 5) is 20.0. The van der Waals surface area contributed by atoms with E-state index in [1.165, 1.54) is 6.33 Å². The summed E-state index contributed by atoms with van der Waals surface area (Å²) in [6.45, 7) is 2.08. The van der Waals surface area contributed by atoms with Crippen LogP contribution in [-0.4, -0.2) is 21.8 Å². The zero-order valence-electron chi connectivity index (χ0n) is 11.8. The average Bonchev–Trinajstić information content (AvgIpc) is 2.50. The molecule has 1 aliphatic carbocycles. The number of ketones is 1. The molecule has 0 bridgehead atoms. The van der Waals surface area contributed by atoms with Crippen molar-refractivity contribution in [3.05, 3.63) is 30.1 Å². The monoisotopic (exact) mass is 280 g/mol. The van der Waals surface area contributed by atoms with Crippen LogP contribution in [0.4, 0.5) is 5.82 Å². The maximum atomic E-state index is 11.5. The van der Waals surface area contributed by atoms with Gasteiger partial charge in [0.1, 0.15) is 17.9 Å². The van der Waals surface area contributed by atoms with Crippen molar-refractivity contribution in [2.24, 2.45) is 5.92 Å². The lowest BCUT2D eigenvalue weighted by atomic mass is 9.85. The van der Waals surface area contributed by atoms with E-state index < -0.39 is 0 Å². The van der Waals surface area contributed by atoms with Gasteiger partial charge in [-0.2, -0.15) is 5.26 Å². The maximum absolute atomic E-state index is 11.5. The van der Waals surface area contributed by atoms with Gasteiger partial charge in [0, 0.05) is 24.3 Å². The molecule has 0 amide bonds. The molecule has 106 valence electrons. The van der Waals surface area contributed by atoms with E-state index in [1.54, 1.807) is 12.1 Å². The number of hydrogen-bond acceptors (Lipinski definition) is 5. The summed E-state index contributed by atoms with van der Waals surface area (Å²) in [5.74, 6) is 1.36. The number of carbonyl (C=O) groups excluding carboxylic acids is 1. The first-order valence-electron chi connectivity index (χ1n) is 7.10. The first-order valence-corrected chi connectivity index (χ1v) is 7.10. The number of anilines is 1. The van der Waals surface area contributed by atoms with E-state index in [9.17, 15) is 4.79 Å². The number of fused-ring (bicyclic) bond motifs is 1. The summed E-state index contributed by atoms with van der Waals surface area (Å²) in [6, 6.07) is 7.75. The molecular formula is C16H16N4O. The second kappa shape index (κ2) is 5.49.